The summed E-state index contributed by atoms with van der Waals surface area (Å²) in [5.74, 6) is -0.175. The first-order valence-corrected chi connectivity index (χ1v) is 9.65. The van der Waals surface area contributed by atoms with Crippen molar-refractivity contribution in [2.75, 3.05) is 32.7 Å². The maximum absolute atomic E-state index is 11.7. The van der Waals surface area contributed by atoms with Gasteiger partial charge in [-0.3, -0.25) is 4.79 Å². The molecule has 0 aliphatic heterocycles. The molecule has 9 nitrogen and oxygen atoms in total. The van der Waals surface area contributed by atoms with Crippen molar-refractivity contribution < 1.29 is 23.9 Å². The van der Waals surface area contributed by atoms with E-state index >= 15 is 0 Å². The molecule has 0 saturated carbocycles. The van der Waals surface area contributed by atoms with E-state index in [1.54, 1.807) is 20.8 Å². The predicted octanol–water partition coefficient (Wildman–Crippen LogP) is 1.53. The summed E-state index contributed by atoms with van der Waals surface area (Å²) in [6.07, 6.45) is -0.322. The Balaban J connectivity index is 1.94. The van der Waals surface area contributed by atoms with Crippen LogP contribution < -0.4 is 21.3 Å². The van der Waals surface area contributed by atoms with Crippen LogP contribution >= 0.6 is 0 Å². The van der Waals surface area contributed by atoms with Crippen LogP contribution in [0.1, 0.15) is 32.8 Å². The van der Waals surface area contributed by atoms with Crippen LogP contribution in [-0.2, 0) is 20.9 Å². The number of alkyl carbamates (subject to hydrolysis) is 2. The van der Waals surface area contributed by atoms with Crippen molar-refractivity contribution in [2.24, 2.45) is 0 Å². The topological polar surface area (TPSA) is 118 Å². The molecule has 1 aromatic rings. The fourth-order valence-electron chi connectivity index (χ4n) is 2.12. The summed E-state index contributed by atoms with van der Waals surface area (Å²) >= 11 is 0. The second-order valence-corrected chi connectivity index (χ2v) is 7.30. The number of rotatable bonds is 11. The Hall–Kier alpha value is -2.81. The van der Waals surface area contributed by atoms with Gasteiger partial charge in [-0.05, 0) is 39.3 Å². The lowest BCUT2D eigenvalue weighted by molar-refractivity contribution is -0.120. The van der Waals surface area contributed by atoms with E-state index in [0.717, 1.165) is 5.56 Å². The van der Waals surface area contributed by atoms with Gasteiger partial charge in [0, 0.05) is 19.6 Å². The second kappa shape index (κ2) is 13.4. The molecule has 0 saturated heterocycles. The number of ether oxygens (including phenoxy) is 2. The molecule has 29 heavy (non-hydrogen) atoms. The minimum absolute atomic E-state index is 0.158. The first-order valence-electron chi connectivity index (χ1n) is 9.65. The van der Waals surface area contributed by atoms with Crippen LogP contribution in [0.3, 0.4) is 0 Å². The SMILES string of the molecule is CC(C)(C)OC(=O)NCCNC(=O)CNCCCNC(=O)OCc1ccccc1. The summed E-state index contributed by atoms with van der Waals surface area (Å²) in [6, 6.07) is 9.44. The van der Waals surface area contributed by atoms with Crippen molar-refractivity contribution in [1.29, 1.82) is 0 Å². The van der Waals surface area contributed by atoms with Gasteiger partial charge in [0.05, 0.1) is 6.54 Å². The zero-order chi connectivity index (χ0) is 21.5. The Morgan fingerprint density at radius 2 is 1.52 bits per heavy atom. The molecular weight excluding hydrogens is 376 g/mol. The number of benzene rings is 1. The molecule has 0 fully saturated rings. The monoisotopic (exact) mass is 408 g/mol. The van der Waals surface area contributed by atoms with Gasteiger partial charge in [0.25, 0.3) is 0 Å². The highest BCUT2D eigenvalue weighted by molar-refractivity contribution is 5.78. The lowest BCUT2D eigenvalue weighted by Gasteiger charge is -2.19. The summed E-state index contributed by atoms with van der Waals surface area (Å²) in [7, 11) is 0. The molecule has 0 spiro atoms. The van der Waals surface area contributed by atoms with E-state index in [0.29, 0.717) is 26.1 Å². The van der Waals surface area contributed by atoms with Gasteiger partial charge in [-0.25, -0.2) is 9.59 Å². The number of amides is 3. The first-order chi connectivity index (χ1) is 13.8. The standard InChI is InChI=1S/C20H32N4O5/c1-20(2,3)29-19(27)24-13-12-22-17(25)14-21-10-7-11-23-18(26)28-15-16-8-5-4-6-9-16/h4-6,8-9,21H,7,10-15H2,1-3H3,(H,22,25)(H,23,26)(H,24,27). The largest absolute Gasteiger partial charge is 0.445 e. The number of carbonyl (C=O) groups is 3. The zero-order valence-electron chi connectivity index (χ0n) is 17.4. The molecular formula is C20H32N4O5. The summed E-state index contributed by atoms with van der Waals surface area (Å²) in [6.45, 7) is 7.35. The molecule has 0 radical (unpaired) electrons. The average Bonchev–Trinajstić information content (AvgIpc) is 2.65. The first kappa shape index (κ1) is 24.2. The molecule has 162 valence electrons. The lowest BCUT2D eigenvalue weighted by Crippen LogP contribution is -2.40. The van der Waals surface area contributed by atoms with Crippen LogP contribution in [0, 0.1) is 0 Å². The maximum atomic E-state index is 11.7. The van der Waals surface area contributed by atoms with Gasteiger partial charge in [-0.15, -0.1) is 0 Å². The van der Waals surface area contributed by atoms with Crippen molar-refractivity contribution in [2.45, 2.75) is 39.4 Å². The third-order valence-corrected chi connectivity index (χ3v) is 3.41. The van der Waals surface area contributed by atoms with Gasteiger partial charge < -0.3 is 30.7 Å². The quantitative estimate of drug-likeness (QED) is 0.413. The van der Waals surface area contributed by atoms with Gasteiger partial charge in [0.2, 0.25) is 5.91 Å². The second-order valence-electron chi connectivity index (χ2n) is 7.30. The summed E-state index contributed by atoms with van der Waals surface area (Å²) < 4.78 is 10.2. The summed E-state index contributed by atoms with van der Waals surface area (Å²) in [5, 5.41) is 10.9. The summed E-state index contributed by atoms with van der Waals surface area (Å²) in [5.41, 5.74) is 0.377. The number of hydrogen-bond donors (Lipinski definition) is 4. The van der Waals surface area contributed by atoms with Crippen LogP contribution in [0.2, 0.25) is 0 Å². The number of nitrogens with one attached hydrogen (secondary N) is 4. The van der Waals surface area contributed by atoms with Gasteiger partial charge in [0.15, 0.2) is 0 Å². The van der Waals surface area contributed by atoms with E-state index in [1.807, 2.05) is 30.3 Å². The van der Waals surface area contributed by atoms with Crippen molar-refractivity contribution in [3.8, 4) is 0 Å². The van der Waals surface area contributed by atoms with Crippen molar-refractivity contribution in [1.82, 2.24) is 21.3 Å². The fourth-order valence-corrected chi connectivity index (χ4v) is 2.12. The predicted molar refractivity (Wildman–Crippen MR) is 109 cm³/mol. The van der Waals surface area contributed by atoms with Crippen LogP contribution in [0.5, 0.6) is 0 Å². The lowest BCUT2D eigenvalue weighted by atomic mass is 10.2. The van der Waals surface area contributed by atoms with E-state index in [4.69, 9.17) is 9.47 Å². The Morgan fingerprint density at radius 3 is 2.21 bits per heavy atom. The molecule has 9 heteroatoms. The van der Waals surface area contributed by atoms with Gasteiger partial charge in [0.1, 0.15) is 12.2 Å². The van der Waals surface area contributed by atoms with Crippen LogP contribution in [0.25, 0.3) is 0 Å². The van der Waals surface area contributed by atoms with Gasteiger partial charge in [-0.2, -0.15) is 0 Å². The van der Waals surface area contributed by atoms with E-state index in [9.17, 15) is 14.4 Å². The van der Waals surface area contributed by atoms with Crippen molar-refractivity contribution >= 4 is 18.1 Å². The fraction of sp³-hybridized carbons (Fsp3) is 0.550. The molecule has 0 atom stereocenters. The third kappa shape index (κ3) is 13.9. The highest BCUT2D eigenvalue weighted by Gasteiger charge is 2.15. The van der Waals surface area contributed by atoms with E-state index in [1.165, 1.54) is 0 Å². The van der Waals surface area contributed by atoms with Crippen LogP contribution in [0.4, 0.5) is 9.59 Å². The summed E-state index contributed by atoms with van der Waals surface area (Å²) in [4.78, 5) is 34.7. The van der Waals surface area contributed by atoms with Gasteiger partial charge in [-0.1, -0.05) is 30.3 Å². The minimum atomic E-state index is -0.551. The molecule has 0 bridgehead atoms. The number of carbonyl (C=O) groups excluding carboxylic acids is 3. The molecule has 0 aliphatic rings. The molecule has 1 rings (SSSR count). The van der Waals surface area contributed by atoms with Gasteiger partial charge >= 0.3 is 12.2 Å². The Bertz CT molecular complexity index is 632. The highest BCUT2D eigenvalue weighted by atomic mass is 16.6. The molecule has 0 heterocycles. The molecule has 0 aliphatic carbocycles. The molecule has 0 aromatic heterocycles. The average molecular weight is 408 g/mol. The minimum Gasteiger partial charge on any atom is -0.445 e. The zero-order valence-corrected chi connectivity index (χ0v) is 17.4. The van der Waals surface area contributed by atoms with E-state index < -0.39 is 17.8 Å². The Labute approximate surface area is 171 Å². The highest BCUT2D eigenvalue weighted by Crippen LogP contribution is 2.06. The molecule has 3 amide bonds. The third-order valence-electron chi connectivity index (χ3n) is 3.41. The Kier molecular flexibility index (Phi) is 11.2. The van der Waals surface area contributed by atoms with Crippen LogP contribution in [0.15, 0.2) is 30.3 Å². The molecule has 1 aromatic carbocycles. The number of hydrogen-bond acceptors (Lipinski definition) is 6. The van der Waals surface area contributed by atoms with E-state index in [-0.39, 0.29) is 25.6 Å². The van der Waals surface area contributed by atoms with Crippen LogP contribution in [-0.4, -0.2) is 56.4 Å². The van der Waals surface area contributed by atoms with E-state index in [2.05, 4.69) is 21.3 Å². The maximum Gasteiger partial charge on any atom is 0.407 e. The molecule has 4 N–H and O–H groups in total. The smallest absolute Gasteiger partial charge is 0.407 e. The Morgan fingerprint density at radius 1 is 0.862 bits per heavy atom. The van der Waals surface area contributed by atoms with Crippen molar-refractivity contribution in [3.63, 3.8) is 0 Å². The van der Waals surface area contributed by atoms with Crippen molar-refractivity contribution in [3.05, 3.63) is 35.9 Å². The molecule has 0 unspecified atom stereocenters. The normalized spacial score (nSPS) is 10.7.